The van der Waals surface area contributed by atoms with Gasteiger partial charge in [0, 0.05) is 6.54 Å². The Morgan fingerprint density at radius 1 is 1.50 bits per heavy atom. The third-order valence-corrected chi connectivity index (χ3v) is 3.65. The molecule has 1 saturated heterocycles. The Morgan fingerprint density at radius 2 is 2.33 bits per heavy atom. The van der Waals surface area contributed by atoms with Gasteiger partial charge in [0.05, 0.1) is 5.54 Å². The number of rotatable bonds is 4. The number of hydrogen-bond acceptors (Lipinski definition) is 2. The fraction of sp³-hybridized carbons (Fsp3) is 0.533. The van der Waals surface area contributed by atoms with Gasteiger partial charge in [0.25, 0.3) is 0 Å². The van der Waals surface area contributed by atoms with Gasteiger partial charge >= 0.3 is 0 Å². The van der Waals surface area contributed by atoms with Gasteiger partial charge in [0.15, 0.2) is 0 Å². The van der Waals surface area contributed by atoms with Crippen LogP contribution in [0.3, 0.4) is 0 Å². The van der Waals surface area contributed by atoms with Crippen LogP contribution in [0, 0.1) is 6.92 Å². The van der Waals surface area contributed by atoms with Crippen molar-refractivity contribution in [2.75, 3.05) is 13.1 Å². The maximum Gasteiger partial charge on any atom is 0.240 e. The summed E-state index contributed by atoms with van der Waals surface area (Å²) in [6.07, 6.45) is 2.91. The molecule has 1 aliphatic rings. The molecule has 0 spiro atoms. The fourth-order valence-corrected chi connectivity index (χ4v) is 2.47. The monoisotopic (exact) mass is 246 g/mol. The van der Waals surface area contributed by atoms with Crippen LogP contribution >= 0.6 is 0 Å². The van der Waals surface area contributed by atoms with Crippen molar-refractivity contribution in [2.45, 2.75) is 38.6 Å². The molecule has 3 nitrogen and oxygen atoms in total. The highest BCUT2D eigenvalue weighted by molar-refractivity contribution is 5.86. The van der Waals surface area contributed by atoms with Crippen molar-refractivity contribution in [3.8, 4) is 0 Å². The lowest BCUT2D eigenvalue weighted by Crippen LogP contribution is -2.51. The molecule has 1 heterocycles. The average Bonchev–Trinajstić information content (AvgIpc) is 2.77. The van der Waals surface area contributed by atoms with Crippen LogP contribution in [0.5, 0.6) is 0 Å². The van der Waals surface area contributed by atoms with Crippen molar-refractivity contribution < 1.29 is 4.79 Å². The van der Waals surface area contributed by atoms with E-state index in [0.29, 0.717) is 6.54 Å². The fourth-order valence-electron chi connectivity index (χ4n) is 2.47. The average molecular weight is 246 g/mol. The van der Waals surface area contributed by atoms with Gasteiger partial charge in [-0.05, 0) is 45.2 Å². The summed E-state index contributed by atoms with van der Waals surface area (Å²) in [4.78, 5) is 12.1. The summed E-state index contributed by atoms with van der Waals surface area (Å²) in [5.41, 5.74) is 2.19. The number of carbonyl (C=O) groups is 1. The highest BCUT2D eigenvalue weighted by Gasteiger charge is 2.35. The molecule has 1 aromatic carbocycles. The number of benzene rings is 1. The van der Waals surface area contributed by atoms with Crippen LogP contribution in [0.2, 0.25) is 0 Å². The molecular weight excluding hydrogens is 224 g/mol. The van der Waals surface area contributed by atoms with Crippen molar-refractivity contribution >= 4 is 5.91 Å². The lowest BCUT2D eigenvalue weighted by molar-refractivity contribution is -0.126. The van der Waals surface area contributed by atoms with E-state index in [0.717, 1.165) is 25.8 Å². The highest BCUT2D eigenvalue weighted by atomic mass is 16.2. The van der Waals surface area contributed by atoms with Crippen molar-refractivity contribution in [2.24, 2.45) is 0 Å². The van der Waals surface area contributed by atoms with Crippen LogP contribution in [0.15, 0.2) is 24.3 Å². The van der Waals surface area contributed by atoms with Gasteiger partial charge in [-0.3, -0.25) is 4.79 Å². The summed E-state index contributed by atoms with van der Waals surface area (Å²) < 4.78 is 0. The van der Waals surface area contributed by atoms with Gasteiger partial charge in [0.2, 0.25) is 5.91 Å². The molecule has 2 rings (SSSR count). The van der Waals surface area contributed by atoms with Gasteiger partial charge < -0.3 is 10.6 Å². The smallest absolute Gasteiger partial charge is 0.240 e. The van der Waals surface area contributed by atoms with Gasteiger partial charge in [-0.25, -0.2) is 0 Å². The predicted molar refractivity (Wildman–Crippen MR) is 73.5 cm³/mol. The largest absolute Gasteiger partial charge is 0.354 e. The van der Waals surface area contributed by atoms with E-state index >= 15 is 0 Å². The zero-order valence-corrected chi connectivity index (χ0v) is 11.3. The minimum atomic E-state index is -0.355. The molecular formula is C15H22N2O. The van der Waals surface area contributed by atoms with Crippen LogP contribution < -0.4 is 10.6 Å². The predicted octanol–water partition coefficient (Wildman–Crippen LogP) is 1.80. The molecule has 1 aliphatic heterocycles. The Bertz CT molecular complexity index is 422. The van der Waals surface area contributed by atoms with E-state index in [2.05, 4.69) is 41.8 Å². The van der Waals surface area contributed by atoms with E-state index in [1.807, 2.05) is 6.92 Å². The van der Waals surface area contributed by atoms with Crippen molar-refractivity contribution in [3.05, 3.63) is 35.4 Å². The molecule has 2 N–H and O–H groups in total. The molecule has 18 heavy (non-hydrogen) atoms. The van der Waals surface area contributed by atoms with E-state index in [-0.39, 0.29) is 11.4 Å². The van der Waals surface area contributed by atoms with Crippen molar-refractivity contribution in [1.82, 2.24) is 10.6 Å². The van der Waals surface area contributed by atoms with E-state index in [4.69, 9.17) is 0 Å². The topological polar surface area (TPSA) is 41.1 Å². The lowest BCUT2D eigenvalue weighted by Gasteiger charge is -2.23. The zero-order chi connectivity index (χ0) is 13.0. The molecule has 1 unspecified atom stereocenters. The van der Waals surface area contributed by atoms with Crippen LogP contribution in [-0.2, 0) is 11.2 Å². The maximum absolute atomic E-state index is 12.1. The first kappa shape index (κ1) is 13.1. The summed E-state index contributed by atoms with van der Waals surface area (Å²) in [5, 5.41) is 6.31. The molecule has 98 valence electrons. The van der Waals surface area contributed by atoms with E-state index < -0.39 is 0 Å². The Hall–Kier alpha value is -1.35. The molecule has 0 bridgehead atoms. The first-order chi connectivity index (χ1) is 8.60. The molecule has 0 saturated carbocycles. The Labute approximate surface area is 109 Å². The third-order valence-electron chi connectivity index (χ3n) is 3.65. The summed E-state index contributed by atoms with van der Waals surface area (Å²) in [5.74, 6) is 0.132. The summed E-state index contributed by atoms with van der Waals surface area (Å²) in [7, 11) is 0. The summed E-state index contributed by atoms with van der Waals surface area (Å²) >= 11 is 0. The second kappa shape index (κ2) is 5.53. The minimum absolute atomic E-state index is 0.132. The van der Waals surface area contributed by atoms with Gasteiger partial charge in [-0.1, -0.05) is 29.8 Å². The number of aryl methyl sites for hydroxylation is 1. The molecule has 1 atom stereocenters. The maximum atomic E-state index is 12.1. The van der Waals surface area contributed by atoms with Crippen molar-refractivity contribution in [1.29, 1.82) is 0 Å². The lowest BCUT2D eigenvalue weighted by atomic mass is 9.99. The van der Waals surface area contributed by atoms with Crippen LogP contribution in [0.25, 0.3) is 0 Å². The van der Waals surface area contributed by atoms with E-state index in [1.54, 1.807) is 0 Å². The van der Waals surface area contributed by atoms with E-state index in [1.165, 1.54) is 11.1 Å². The zero-order valence-electron chi connectivity index (χ0n) is 11.3. The summed E-state index contributed by atoms with van der Waals surface area (Å²) in [6.45, 7) is 5.73. The van der Waals surface area contributed by atoms with Crippen LogP contribution in [0.1, 0.15) is 30.9 Å². The molecule has 1 fully saturated rings. The molecule has 3 heteroatoms. The van der Waals surface area contributed by atoms with Gasteiger partial charge in [-0.15, -0.1) is 0 Å². The second-order valence-corrected chi connectivity index (χ2v) is 5.36. The number of nitrogens with one attached hydrogen (secondary N) is 2. The molecule has 1 amide bonds. The Kier molecular flexibility index (Phi) is 4.02. The second-order valence-electron chi connectivity index (χ2n) is 5.36. The first-order valence-electron chi connectivity index (χ1n) is 6.69. The number of carbonyl (C=O) groups excluding carboxylic acids is 1. The Balaban J connectivity index is 1.80. The van der Waals surface area contributed by atoms with E-state index in [9.17, 15) is 4.79 Å². The number of amides is 1. The van der Waals surface area contributed by atoms with Gasteiger partial charge in [-0.2, -0.15) is 0 Å². The Morgan fingerprint density at radius 3 is 3.00 bits per heavy atom. The molecule has 0 aliphatic carbocycles. The van der Waals surface area contributed by atoms with Crippen LogP contribution in [0.4, 0.5) is 0 Å². The molecule has 1 aromatic rings. The molecule has 0 radical (unpaired) electrons. The SMILES string of the molecule is Cc1cccc(CCNC(=O)C2(C)CCCN2)c1. The van der Waals surface area contributed by atoms with Crippen molar-refractivity contribution in [3.63, 3.8) is 0 Å². The third kappa shape index (κ3) is 3.10. The minimum Gasteiger partial charge on any atom is -0.354 e. The normalized spacial score (nSPS) is 23.0. The molecule has 0 aromatic heterocycles. The standard InChI is InChI=1S/C15H22N2O/c1-12-5-3-6-13(11-12)7-10-16-14(18)15(2)8-4-9-17-15/h3,5-6,11,17H,4,7-10H2,1-2H3,(H,16,18). The first-order valence-corrected chi connectivity index (χ1v) is 6.69. The number of hydrogen-bond donors (Lipinski definition) is 2. The summed E-state index contributed by atoms with van der Waals surface area (Å²) in [6, 6.07) is 8.42. The van der Waals surface area contributed by atoms with Gasteiger partial charge in [0.1, 0.15) is 0 Å². The highest BCUT2D eigenvalue weighted by Crippen LogP contribution is 2.18. The quantitative estimate of drug-likeness (QED) is 0.850. The van der Waals surface area contributed by atoms with Crippen LogP contribution in [-0.4, -0.2) is 24.5 Å².